The molecule has 1 aromatic rings. The van der Waals surface area contributed by atoms with E-state index >= 15 is 0 Å². The Morgan fingerprint density at radius 3 is 2.10 bits per heavy atom. The molecule has 3 N–H and O–H groups in total. The van der Waals surface area contributed by atoms with E-state index in [1.165, 1.54) is 18.2 Å². The van der Waals surface area contributed by atoms with Crippen molar-refractivity contribution in [2.24, 2.45) is 5.73 Å². The van der Waals surface area contributed by atoms with Gasteiger partial charge in [0.05, 0.1) is 7.11 Å². The summed E-state index contributed by atoms with van der Waals surface area (Å²) in [6.45, 7) is 1.06. The van der Waals surface area contributed by atoms with Crippen molar-refractivity contribution < 1.29 is 19.1 Å². The third-order valence-electron chi connectivity index (χ3n) is 2.50. The molecule has 8 heteroatoms. The number of Topliss-reactive ketones (excluding diaryl/α,β-unsaturated/α-hetero) is 1. The maximum absolute atomic E-state index is 12.0. The van der Waals surface area contributed by atoms with Gasteiger partial charge in [0.15, 0.2) is 5.78 Å². The first kappa shape index (κ1) is 16.4. The molecule has 108 valence electrons. The monoisotopic (exact) mass is 318 g/mol. The number of hydrogen-bond acceptors (Lipinski definition) is 5. The second kappa shape index (κ2) is 6.21. The lowest BCUT2D eigenvalue weighted by atomic mass is 10.1. The van der Waals surface area contributed by atoms with Crippen molar-refractivity contribution in [2.45, 2.75) is 12.6 Å². The van der Waals surface area contributed by atoms with Crippen LogP contribution in [0.1, 0.15) is 17.3 Å². The molecule has 1 amide bonds. The molecule has 1 unspecified atom stereocenters. The molecule has 0 spiro atoms. The highest BCUT2D eigenvalue weighted by Crippen LogP contribution is 2.19. The Balaban J connectivity index is 3.09. The molecule has 0 saturated carbocycles. The molecule has 0 saturated heterocycles. The number of rotatable bonds is 4. The average Bonchev–Trinajstić information content (AvgIpc) is 2.36. The molecule has 1 rings (SSSR count). The van der Waals surface area contributed by atoms with Crippen LogP contribution in [0.25, 0.3) is 0 Å². The first-order valence-electron chi connectivity index (χ1n) is 5.37. The summed E-state index contributed by atoms with van der Waals surface area (Å²) in [6, 6.07) is 4.07. The number of ether oxygens (including phenoxy) is 1. The quantitative estimate of drug-likeness (QED) is 0.493. The van der Waals surface area contributed by atoms with Crippen LogP contribution >= 0.6 is 23.2 Å². The summed E-state index contributed by atoms with van der Waals surface area (Å²) < 4.78 is 4.41. The number of nitrogens with one attached hydrogen (secondary N) is 1. The number of nitrogens with two attached hydrogens (primary N) is 1. The van der Waals surface area contributed by atoms with Crippen LogP contribution in [-0.4, -0.2) is 30.4 Å². The summed E-state index contributed by atoms with van der Waals surface area (Å²) in [5, 5.41) is 2.57. The average molecular weight is 319 g/mol. The Labute approximate surface area is 125 Å². The Morgan fingerprint density at radius 2 is 1.70 bits per heavy atom. The molecule has 0 heterocycles. The van der Waals surface area contributed by atoms with E-state index in [2.05, 4.69) is 10.1 Å². The van der Waals surface area contributed by atoms with Gasteiger partial charge in [-0.05, 0) is 25.1 Å². The number of carbonyl (C=O) groups excluding carboxylic acids is 3. The van der Waals surface area contributed by atoms with Crippen LogP contribution in [0, 0.1) is 0 Å². The van der Waals surface area contributed by atoms with Crippen LogP contribution in [0.2, 0.25) is 10.0 Å². The highest BCUT2D eigenvalue weighted by atomic mass is 35.5. The summed E-state index contributed by atoms with van der Waals surface area (Å²) in [4.78, 5) is 35.0. The van der Waals surface area contributed by atoms with Gasteiger partial charge in [-0.1, -0.05) is 23.2 Å². The van der Waals surface area contributed by atoms with Crippen molar-refractivity contribution in [1.29, 1.82) is 0 Å². The lowest BCUT2D eigenvalue weighted by Crippen LogP contribution is -2.66. The minimum absolute atomic E-state index is 0.0579. The fraction of sp³-hybridized carbons (Fsp3) is 0.250. The molecule has 6 nitrogen and oxygen atoms in total. The zero-order valence-electron chi connectivity index (χ0n) is 10.7. The second-order valence-electron chi connectivity index (χ2n) is 3.97. The van der Waals surface area contributed by atoms with E-state index in [1.54, 1.807) is 0 Å². The molecule has 20 heavy (non-hydrogen) atoms. The van der Waals surface area contributed by atoms with Gasteiger partial charge < -0.3 is 10.1 Å². The van der Waals surface area contributed by atoms with Gasteiger partial charge >= 0.3 is 5.97 Å². The Morgan fingerprint density at radius 1 is 1.20 bits per heavy atom. The van der Waals surface area contributed by atoms with E-state index in [4.69, 9.17) is 28.9 Å². The minimum Gasteiger partial charge on any atom is -0.466 e. The molecule has 0 bridgehead atoms. The van der Waals surface area contributed by atoms with Gasteiger partial charge in [-0.2, -0.15) is 0 Å². The van der Waals surface area contributed by atoms with Crippen LogP contribution in [0.15, 0.2) is 18.2 Å². The summed E-state index contributed by atoms with van der Waals surface area (Å²) >= 11 is 11.5. The first-order chi connectivity index (χ1) is 9.20. The highest BCUT2D eigenvalue weighted by Gasteiger charge is 2.42. The van der Waals surface area contributed by atoms with Crippen LogP contribution in [0.3, 0.4) is 0 Å². The van der Waals surface area contributed by atoms with Gasteiger partial charge in [0.1, 0.15) is 0 Å². The normalized spacial score (nSPS) is 13.2. The molecule has 1 atom stereocenters. The zero-order chi connectivity index (χ0) is 15.5. The number of carbonyl (C=O) groups is 3. The van der Waals surface area contributed by atoms with Crippen LogP contribution < -0.4 is 11.1 Å². The molecule has 0 aliphatic heterocycles. The smallest absolute Gasteiger partial charge is 0.354 e. The predicted octanol–water partition coefficient (Wildman–Crippen LogP) is 1.14. The van der Waals surface area contributed by atoms with Gasteiger partial charge in [-0.15, -0.1) is 0 Å². The lowest BCUT2D eigenvalue weighted by Gasteiger charge is -2.24. The third kappa shape index (κ3) is 3.47. The van der Waals surface area contributed by atoms with Gasteiger partial charge in [0, 0.05) is 15.6 Å². The standard InChI is InChI=1S/C12H12Cl2N2O4/c1-6(17)12(15,11(19)20-2)16-10(18)7-3-8(13)5-9(14)4-7/h3-5H,15H2,1-2H3,(H,16,18). The molecule has 0 aromatic heterocycles. The van der Waals surface area contributed by atoms with Crippen molar-refractivity contribution in [3.63, 3.8) is 0 Å². The number of amides is 1. The van der Waals surface area contributed by atoms with Crippen LogP contribution in [0.4, 0.5) is 0 Å². The van der Waals surface area contributed by atoms with Gasteiger partial charge in [-0.25, -0.2) is 4.79 Å². The van der Waals surface area contributed by atoms with Crippen molar-refractivity contribution in [3.05, 3.63) is 33.8 Å². The number of halogens is 2. The fourth-order valence-corrected chi connectivity index (χ4v) is 1.91. The maximum atomic E-state index is 12.0. The van der Waals surface area contributed by atoms with E-state index in [0.29, 0.717) is 0 Å². The fourth-order valence-electron chi connectivity index (χ4n) is 1.38. The topological polar surface area (TPSA) is 98.5 Å². The summed E-state index contributed by atoms with van der Waals surface area (Å²) in [6.07, 6.45) is 0. The van der Waals surface area contributed by atoms with Crippen LogP contribution in [0.5, 0.6) is 0 Å². The molecule has 0 aliphatic rings. The number of methoxy groups -OCH3 is 1. The predicted molar refractivity (Wildman–Crippen MR) is 73.5 cm³/mol. The second-order valence-corrected chi connectivity index (χ2v) is 4.84. The number of esters is 1. The highest BCUT2D eigenvalue weighted by molar-refractivity contribution is 6.35. The van der Waals surface area contributed by atoms with E-state index in [0.717, 1.165) is 14.0 Å². The van der Waals surface area contributed by atoms with Gasteiger partial charge in [0.2, 0.25) is 5.66 Å². The van der Waals surface area contributed by atoms with Crippen molar-refractivity contribution in [3.8, 4) is 0 Å². The third-order valence-corrected chi connectivity index (χ3v) is 2.93. The van der Waals surface area contributed by atoms with E-state index in [-0.39, 0.29) is 15.6 Å². The summed E-state index contributed by atoms with van der Waals surface area (Å²) in [5.74, 6) is -2.63. The van der Waals surface area contributed by atoms with Crippen LogP contribution in [-0.2, 0) is 14.3 Å². The Hall–Kier alpha value is -1.63. The number of hydrogen-bond donors (Lipinski definition) is 2. The summed E-state index contributed by atoms with van der Waals surface area (Å²) in [7, 11) is 1.05. The lowest BCUT2D eigenvalue weighted by molar-refractivity contribution is -0.152. The van der Waals surface area contributed by atoms with Crippen molar-refractivity contribution in [2.75, 3.05) is 7.11 Å². The largest absolute Gasteiger partial charge is 0.466 e. The first-order valence-corrected chi connectivity index (χ1v) is 6.13. The molecule has 0 aliphatic carbocycles. The number of benzene rings is 1. The molecule has 0 radical (unpaired) electrons. The van der Waals surface area contributed by atoms with E-state index in [9.17, 15) is 14.4 Å². The minimum atomic E-state index is -2.26. The molecular weight excluding hydrogens is 307 g/mol. The summed E-state index contributed by atoms with van der Waals surface area (Å²) in [5.41, 5.74) is 3.38. The SMILES string of the molecule is COC(=O)C(N)(NC(=O)c1cc(Cl)cc(Cl)c1)C(C)=O. The maximum Gasteiger partial charge on any atom is 0.354 e. The van der Waals surface area contributed by atoms with E-state index in [1.807, 2.05) is 0 Å². The van der Waals surface area contributed by atoms with Crippen molar-refractivity contribution >= 4 is 40.9 Å². The molecule has 0 fully saturated rings. The van der Waals surface area contributed by atoms with Gasteiger partial charge in [0.25, 0.3) is 5.91 Å². The van der Waals surface area contributed by atoms with Crippen molar-refractivity contribution in [1.82, 2.24) is 5.32 Å². The van der Waals surface area contributed by atoms with Gasteiger partial charge in [-0.3, -0.25) is 15.3 Å². The zero-order valence-corrected chi connectivity index (χ0v) is 12.2. The Kier molecular flexibility index (Phi) is 5.10. The molecular formula is C12H12Cl2N2O4. The molecule has 1 aromatic carbocycles. The number of ketones is 1. The Bertz CT molecular complexity index is 556. The van der Waals surface area contributed by atoms with E-state index < -0.39 is 23.3 Å².